The Morgan fingerprint density at radius 2 is 2.29 bits per heavy atom. The summed E-state index contributed by atoms with van der Waals surface area (Å²) in [5.41, 5.74) is 3.41. The van der Waals surface area contributed by atoms with Gasteiger partial charge in [0.15, 0.2) is 6.29 Å². The monoisotopic (exact) mass is 247 g/mol. The molecule has 0 amide bonds. The Balaban J connectivity index is 2.18. The zero-order valence-corrected chi connectivity index (χ0v) is 9.74. The van der Waals surface area contributed by atoms with Crippen molar-refractivity contribution < 1.29 is 4.79 Å². The second kappa shape index (κ2) is 3.98. The minimum absolute atomic E-state index is 0.505. The molecular weight excluding hydrogens is 238 g/mol. The number of carbonyl (C=O) groups excluding carboxylic acids is 1. The summed E-state index contributed by atoms with van der Waals surface area (Å²) in [5, 5.41) is 8.18. The molecule has 2 aromatic rings. The maximum atomic E-state index is 10.9. The molecule has 0 atom stereocenters. The molecule has 1 aromatic carbocycles. The quantitative estimate of drug-likeness (QED) is 0.825. The van der Waals surface area contributed by atoms with Crippen molar-refractivity contribution in [2.45, 2.75) is 13.1 Å². The molecule has 0 spiro atoms. The van der Waals surface area contributed by atoms with Gasteiger partial charge >= 0.3 is 0 Å². The summed E-state index contributed by atoms with van der Waals surface area (Å²) in [7, 11) is 0. The van der Waals surface area contributed by atoms with Gasteiger partial charge in [0.25, 0.3) is 0 Å². The van der Waals surface area contributed by atoms with Crippen LogP contribution in [0.1, 0.15) is 21.7 Å². The zero-order valence-electron chi connectivity index (χ0n) is 8.98. The van der Waals surface area contributed by atoms with Gasteiger partial charge in [0, 0.05) is 23.7 Å². The van der Waals surface area contributed by atoms with Crippen molar-refractivity contribution in [3.05, 3.63) is 46.2 Å². The molecule has 1 aliphatic rings. The number of halogens is 1. The van der Waals surface area contributed by atoms with Gasteiger partial charge < -0.3 is 5.32 Å². The Bertz CT molecular complexity index is 591. The molecule has 0 bridgehead atoms. The second-order valence-electron chi connectivity index (χ2n) is 3.92. The zero-order chi connectivity index (χ0) is 11.8. The molecular formula is C12H10ClN3O. The first-order valence-electron chi connectivity index (χ1n) is 5.32. The predicted molar refractivity (Wildman–Crippen MR) is 64.5 cm³/mol. The van der Waals surface area contributed by atoms with Crippen molar-refractivity contribution in [3.8, 4) is 5.69 Å². The fourth-order valence-corrected chi connectivity index (χ4v) is 2.28. The molecule has 0 aliphatic carbocycles. The third-order valence-corrected chi connectivity index (χ3v) is 3.11. The van der Waals surface area contributed by atoms with E-state index in [1.165, 1.54) is 0 Å². The van der Waals surface area contributed by atoms with Crippen LogP contribution in [0.2, 0.25) is 5.02 Å². The molecule has 17 heavy (non-hydrogen) atoms. The van der Waals surface area contributed by atoms with Gasteiger partial charge in [-0.1, -0.05) is 17.7 Å². The number of hydrogen-bond donors (Lipinski definition) is 1. The van der Waals surface area contributed by atoms with Crippen LogP contribution in [0, 0.1) is 0 Å². The van der Waals surface area contributed by atoms with Crippen LogP contribution in [0.4, 0.5) is 0 Å². The summed E-state index contributed by atoms with van der Waals surface area (Å²) in [6.45, 7) is 1.42. The van der Waals surface area contributed by atoms with Crippen molar-refractivity contribution in [1.82, 2.24) is 15.1 Å². The van der Waals surface area contributed by atoms with Crippen LogP contribution in [-0.4, -0.2) is 16.1 Å². The van der Waals surface area contributed by atoms with E-state index in [9.17, 15) is 4.79 Å². The van der Waals surface area contributed by atoms with Gasteiger partial charge in [0.1, 0.15) is 5.69 Å². The van der Waals surface area contributed by atoms with E-state index in [0.29, 0.717) is 17.3 Å². The highest BCUT2D eigenvalue weighted by Crippen LogP contribution is 2.23. The molecule has 5 heteroatoms. The van der Waals surface area contributed by atoms with Gasteiger partial charge in [0.2, 0.25) is 0 Å². The first-order valence-corrected chi connectivity index (χ1v) is 5.70. The molecule has 3 rings (SSSR count). The molecule has 2 heterocycles. The minimum atomic E-state index is 0.505. The number of aromatic nitrogens is 2. The van der Waals surface area contributed by atoms with Gasteiger partial charge in [-0.25, -0.2) is 4.68 Å². The second-order valence-corrected chi connectivity index (χ2v) is 4.36. The predicted octanol–water partition coefficient (Wildman–Crippen LogP) is 1.94. The Morgan fingerprint density at radius 1 is 1.41 bits per heavy atom. The summed E-state index contributed by atoms with van der Waals surface area (Å²) < 4.78 is 1.78. The third kappa shape index (κ3) is 1.66. The van der Waals surface area contributed by atoms with E-state index in [2.05, 4.69) is 10.4 Å². The minimum Gasteiger partial charge on any atom is -0.307 e. The molecule has 1 N–H and O–H groups in total. The number of fused-ring (bicyclic) bond motifs is 1. The average molecular weight is 248 g/mol. The number of rotatable bonds is 2. The van der Waals surface area contributed by atoms with Gasteiger partial charge in [-0.15, -0.1) is 0 Å². The van der Waals surface area contributed by atoms with Crippen molar-refractivity contribution in [1.29, 1.82) is 0 Å². The SMILES string of the molecule is O=Cc1nn(-c2cccc(Cl)c2)c2c1CNC2. The number of carbonyl (C=O) groups is 1. The highest BCUT2D eigenvalue weighted by molar-refractivity contribution is 6.30. The number of nitrogens with one attached hydrogen (secondary N) is 1. The summed E-state index contributed by atoms with van der Waals surface area (Å²) in [6.07, 6.45) is 0.798. The number of hydrogen-bond acceptors (Lipinski definition) is 3. The molecule has 86 valence electrons. The Kier molecular flexibility index (Phi) is 2.46. The van der Waals surface area contributed by atoms with Crippen LogP contribution in [0.3, 0.4) is 0 Å². The highest BCUT2D eigenvalue weighted by Gasteiger charge is 2.22. The Labute approximate surface area is 103 Å². The largest absolute Gasteiger partial charge is 0.307 e. The third-order valence-electron chi connectivity index (χ3n) is 2.88. The molecule has 1 aliphatic heterocycles. The van der Waals surface area contributed by atoms with Crippen molar-refractivity contribution >= 4 is 17.9 Å². The summed E-state index contributed by atoms with van der Waals surface area (Å²) in [6, 6.07) is 7.44. The van der Waals surface area contributed by atoms with Crippen LogP contribution in [0.15, 0.2) is 24.3 Å². The number of benzene rings is 1. The van der Waals surface area contributed by atoms with Crippen LogP contribution in [0.5, 0.6) is 0 Å². The van der Waals surface area contributed by atoms with Gasteiger partial charge in [-0.05, 0) is 18.2 Å². The van der Waals surface area contributed by atoms with E-state index in [1.54, 1.807) is 4.68 Å². The van der Waals surface area contributed by atoms with Crippen LogP contribution >= 0.6 is 11.6 Å². The lowest BCUT2D eigenvalue weighted by molar-refractivity contribution is 0.111. The Morgan fingerprint density at radius 3 is 3.06 bits per heavy atom. The van der Waals surface area contributed by atoms with E-state index in [0.717, 1.165) is 29.8 Å². The van der Waals surface area contributed by atoms with Crippen molar-refractivity contribution in [3.63, 3.8) is 0 Å². The maximum absolute atomic E-state index is 10.9. The first-order chi connectivity index (χ1) is 8.29. The lowest BCUT2D eigenvalue weighted by Crippen LogP contribution is -2.08. The summed E-state index contributed by atoms with van der Waals surface area (Å²) >= 11 is 5.96. The fraction of sp³-hybridized carbons (Fsp3) is 0.167. The Hall–Kier alpha value is -1.65. The van der Waals surface area contributed by atoms with E-state index in [4.69, 9.17) is 11.6 Å². The lowest BCUT2D eigenvalue weighted by Gasteiger charge is -2.05. The van der Waals surface area contributed by atoms with Crippen molar-refractivity contribution in [2.75, 3.05) is 0 Å². The smallest absolute Gasteiger partial charge is 0.170 e. The molecule has 0 fully saturated rings. The first kappa shape index (κ1) is 10.5. The van der Waals surface area contributed by atoms with Crippen molar-refractivity contribution in [2.24, 2.45) is 0 Å². The van der Waals surface area contributed by atoms with Crippen LogP contribution in [0.25, 0.3) is 5.69 Å². The topological polar surface area (TPSA) is 46.9 Å². The molecule has 0 radical (unpaired) electrons. The van der Waals surface area contributed by atoms with Crippen LogP contribution in [-0.2, 0) is 13.1 Å². The van der Waals surface area contributed by atoms with Gasteiger partial charge in [0.05, 0.1) is 11.4 Å². The van der Waals surface area contributed by atoms with Gasteiger partial charge in [-0.3, -0.25) is 4.79 Å². The number of aldehydes is 1. The average Bonchev–Trinajstić information content (AvgIpc) is 2.89. The fourth-order valence-electron chi connectivity index (χ4n) is 2.10. The molecule has 1 aromatic heterocycles. The molecule has 0 saturated carbocycles. The lowest BCUT2D eigenvalue weighted by atomic mass is 10.2. The molecule has 0 saturated heterocycles. The van der Waals surface area contributed by atoms with E-state index < -0.39 is 0 Å². The van der Waals surface area contributed by atoms with Gasteiger partial charge in [-0.2, -0.15) is 5.10 Å². The standard InChI is InChI=1S/C12H10ClN3O/c13-8-2-1-3-9(4-8)16-12-6-14-5-10(12)11(7-17)15-16/h1-4,7,14H,5-6H2. The van der Waals surface area contributed by atoms with Crippen LogP contribution < -0.4 is 5.32 Å². The highest BCUT2D eigenvalue weighted by atomic mass is 35.5. The summed E-state index contributed by atoms with van der Waals surface area (Å²) in [4.78, 5) is 10.9. The molecule has 0 unspecified atom stereocenters. The van der Waals surface area contributed by atoms with E-state index in [1.807, 2.05) is 24.3 Å². The summed E-state index contributed by atoms with van der Waals surface area (Å²) in [5.74, 6) is 0. The molecule has 4 nitrogen and oxygen atoms in total. The van der Waals surface area contributed by atoms with E-state index in [-0.39, 0.29) is 0 Å². The number of nitrogens with zero attached hydrogens (tertiary/aromatic N) is 2. The normalized spacial score (nSPS) is 13.7. The van der Waals surface area contributed by atoms with E-state index >= 15 is 0 Å². The maximum Gasteiger partial charge on any atom is 0.170 e.